The summed E-state index contributed by atoms with van der Waals surface area (Å²) in [5.74, 6) is -0.0131. The van der Waals surface area contributed by atoms with Gasteiger partial charge in [-0.3, -0.25) is 4.79 Å². The van der Waals surface area contributed by atoms with Crippen LogP contribution < -0.4 is 10.1 Å². The average molecular weight is 385 g/mol. The summed E-state index contributed by atoms with van der Waals surface area (Å²) in [7, 11) is 2.66. The molecule has 0 aliphatic heterocycles. The van der Waals surface area contributed by atoms with E-state index in [2.05, 4.69) is 21.2 Å². The second-order valence-electron chi connectivity index (χ2n) is 4.53. The lowest BCUT2D eigenvalue weighted by atomic mass is 10.2. The van der Waals surface area contributed by atoms with Crippen LogP contribution in [0.25, 0.3) is 0 Å². The van der Waals surface area contributed by atoms with Crippen LogP contribution in [0.5, 0.6) is 5.75 Å². The normalized spacial score (nSPS) is 11.5. The van der Waals surface area contributed by atoms with Gasteiger partial charge in [-0.2, -0.15) is 0 Å². The van der Waals surface area contributed by atoms with E-state index in [1.54, 1.807) is 0 Å². The third kappa shape index (κ3) is 4.36. The van der Waals surface area contributed by atoms with E-state index < -0.39 is 9.05 Å². The van der Waals surface area contributed by atoms with E-state index in [0.717, 1.165) is 0 Å². The second-order valence-corrected chi connectivity index (χ2v) is 7.92. The van der Waals surface area contributed by atoms with Gasteiger partial charge in [-0.05, 0) is 34.0 Å². The first kappa shape index (κ1) is 17.3. The molecular formula is C12H15BrClNO4S. The molecule has 0 spiro atoms. The first-order chi connectivity index (χ1) is 9.16. The van der Waals surface area contributed by atoms with Gasteiger partial charge in [-0.25, -0.2) is 8.42 Å². The van der Waals surface area contributed by atoms with Crippen molar-refractivity contribution in [2.75, 3.05) is 13.7 Å². The number of nitrogens with one attached hydrogen (secondary N) is 1. The van der Waals surface area contributed by atoms with Crippen molar-refractivity contribution in [1.82, 2.24) is 5.32 Å². The summed E-state index contributed by atoms with van der Waals surface area (Å²) in [6.07, 6.45) is 0. The number of carbonyl (C=O) groups excluding carboxylic acids is 1. The highest BCUT2D eigenvalue weighted by Crippen LogP contribution is 2.35. The quantitative estimate of drug-likeness (QED) is 0.792. The Morgan fingerprint density at radius 2 is 2.05 bits per heavy atom. The lowest BCUT2D eigenvalue weighted by Gasteiger charge is -2.12. The molecule has 0 heterocycles. The van der Waals surface area contributed by atoms with E-state index >= 15 is 0 Å². The molecule has 0 unspecified atom stereocenters. The number of methoxy groups -OCH3 is 1. The summed E-state index contributed by atoms with van der Waals surface area (Å²) < 4.78 is 28.4. The molecule has 1 aromatic carbocycles. The molecule has 0 aromatic heterocycles. The molecular weight excluding hydrogens is 370 g/mol. The Morgan fingerprint density at radius 1 is 1.45 bits per heavy atom. The topological polar surface area (TPSA) is 72.5 Å². The Morgan fingerprint density at radius 3 is 2.50 bits per heavy atom. The van der Waals surface area contributed by atoms with Gasteiger partial charge >= 0.3 is 0 Å². The number of halogens is 2. The number of ether oxygens (including phenoxy) is 1. The molecule has 112 valence electrons. The Bertz CT molecular complexity index is 616. The summed E-state index contributed by atoms with van der Waals surface area (Å²) in [4.78, 5) is 11.7. The molecule has 1 N–H and O–H groups in total. The zero-order valence-electron chi connectivity index (χ0n) is 11.2. The minimum absolute atomic E-state index is 0.0698. The average Bonchev–Trinajstić information content (AvgIpc) is 2.33. The maximum Gasteiger partial charge on any atom is 0.265 e. The molecule has 1 aromatic rings. The van der Waals surface area contributed by atoms with Gasteiger partial charge in [0, 0.05) is 22.8 Å². The van der Waals surface area contributed by atoms with Crippen LogP contribution in [0.15, 0.2) is 21.5 Å². The van der Waals surface area contributed by atoms with Crippen LogP contribution in [0.2, 0.25) is 0 Å². The zero-order chi connectivity index (χ0) is 15.5. The number of hydrogen-bond donors (Lipinski definition) is 1. The van der Waals surface area contributed by atoms with Crippen LogP contribution >= 0.6 is 26.6 Å². The van der Waals surface area contributed by atoms with E-state index in [1.807, 2.05) is 13.8 Å². The van der Waals surface area contributed by atoms with Crippen molar-refractivity contribution >= 4 is 41.6 Å². The second kappa shape index (κ2) is 6.78. The van der Waals surface area contributed by atoms with Crippen LogP contribution in [-0.4, -0.2) is 28.0 Å². The van der Waals surface area contributed by atoms with E-state index in [0.29, 0.717) is 11.0 Å². The number of rotatable bonds is 5. The van der Waals surface area contributed by atoms with Gasteiger partial charge in [0.1, 0.15) is 4.90 Å². The van der Waals surface area contributed by atoms with Crippen LogP contribution in [0.4, 0.5) is 0 Å². The SMILES string of the molecule is COc1c(Br)cc(C(=O)NCC(C)C)cc1S(=O)(=O)Cl. The van der Waals surface area contributed by atoms with E-state index in [1.165, 1.54) is 19.2 Å². The summed E-state index contributed by atoms with van der Waals surface area (Å²) in [6.45, 7) is 4.41. The monoisotopic (exact) mass is 383 g/mol. The van der Waals surface area contributed by atoms with Crippen molar-refractivity contribution in [2.24, 2.45) is 5.92 Å². The maximum absolute atomic E-state index is 12.0. The van der Waals surface area contributed by atoms with E-state index in [9.17, 15) is 13.2 Å². The molecule has 0 fully saturated rings. The fourth-order valence-electron chi connectivity index (χ4n) is 1.48. The van der Waals surface area contributed by atoms with Gasteiger partial charge < -0.3 is 10.1 Å². The Balaban J connectivity index is 3.25. The van der Waals surface area contributed by atoms with Crippen molar-refractivity contribution in [3.05, 3.63) is 22.2 Å². The molecule has 1 amide bonds. The van der Waals surface area contributed by atoms with Gasteiger partial charge in [0.15, 0.2) is 5.75 Å². The highest BCUT2D eigenvalue weighted by atomic mass is 79.9. The molecule has 8 heteroatoms. The molecule has 0 radical (unpaired) electrons. The van der Waals surface area contributed by atoms with Crippen LogP contribution in [-0.2, 0) is 9.05 Å². The van der Waals surface area contributed by atoms with Crippen LogP contribution in [0.1, 0.15) is 24.2 Å². The van der Waals surface area contributed by atoms with Crippen molar-refractivity contribution in [2.45, 2.75) is 18.7 Å². The Labute approximate surface area is 131 Å². The van der Waals surface area contributed by atoms with Crippen LogP contribution in [0, 0.1) is 5.92 Å². The predicted molar refractivity (Wildman–Crippen MR) is 80.9 cm³/mol. The highest BCUT2D eigenvalue weighted by molar-refractivity contribution is 9.10. The zero-order valence-corrected chi connectivity index (χ0v) is 14.4. The van der Waals surface area contributed by atoms with Crippen LogP contribution in [0.3, 0.4) is 0 Å². The van der Waals surface area contributed by atoms with Crippen molar-refractivity contribution in [3.63, 3.8) is 0 Å². The summed E-state index contributed by atoms with van der Waals surface area (Å²) in [6, 6.07) is 2.68. The van der Waals surface area contributed by atoms with Gasteiger partial charge in [0.05, 0.1) is 11.6 Å². The molecule has 0 aliphatic carbocycles. The lowest BCUT2D eigenvalue weighted by Crippen LogP contribution is -2.27. The van der Waals surface area contributed by atoms with Crippen molar-refractivity contribution in [1.29, 1.82) is 0 Å². The summed E-state index contributed by atoms with van der Waals surface area (Å²) in [5.41, 5.74) is 0.192. The van der Waals surface area contributed by atoms with Crippen molar-refractivity contribution in [3.8, 4) is 5.75 Å². The fraction of sp³-hybridized carbons (Fsp3) is 0.417. The first-order valence-electron chi connectivity index (χ1n) is 5.77. The smallest absolute Gasteiger partial charge is 0.265 e. The first-order valence-corrected chi connectivity index (χ1v) is 8.87. The molecule has 0 saturated carbocycles. The van der Waals surface area contributed by atoms with Gasteiger partial charge in [0.25, 0.3) is 15.0 Å². The number of hydrogen-bond acceptors (Lipinski definition) is 4. The molecule has 20 heavy (non-hydrogen) atoms. The third-order valence-electron chi connectivity index (χ3n) is 2.41. The lowest BCUT2D eigenvalue weighted by molar-refractivity contribution is 0.0948. The van der Waals surface area contributed by atoms with Crippen molar-refractivity contribution < 1.29 is 17.9 Å². The Kier molecular flexibility index (Phi) is 5.85. The van der Waals surface area contributed by atoms with Gasteiger partial charge in [-0.1, -0.05) is 13.8 Å². The van der Waals surface area contributed by atoms with E-state index in [-0.39, 0.29) is 28.0 Å². The molecule has 0 saturated heterocycles. The number of amides is 1. The highest BCUT2D eigenvalue weighted by Gasteiger charge is 2.22. The predicted octanol–water partition coefficient (Wildman–Crippen LogP) is 2.77. The molecule has 0 atom stereocenters. The minimum atomic E-state index is -4.02. The molecule has 0 aliphatic rings. The molecule has 0 bridgehead atoms. The maximum atomic E-state index is 12.0. The number of benzene rings is 1. The standard InChI is InChI=1S/C12H15BrClNO4S/c1-7(2)6-15-12(16)8-4-9(13)11(19-3)10(5-8)20(14,17)18/h4-5,7H,6H2,1-3H3,(H,15,16). The summed E-state index contributed by atoms with van der Waals surface area (Å²) in [5, 5.41) is 2.70. The third-order valence-corrected chi connectivity index (χ3v) is 4.33. The molecule has 5 nitrogen and oxygen atoms in total. The summed E-state index contributed by atoms with van der Waals surface area (Å²) >= 11 is 3.17. The largest absolute Gasteiger partial charge is 0.494 e. The minimum Gasteiger partial charge on any atom is -0.494 e. The van der Waals surface area contributed by atoms with E-state index in [4.69, 9.17) is 15.4 Å². The van der Waals surface area contributed by atoms with Gasteiger partial charge in [0.2, 0.25) is 0 Å². The number of carbonyl (C=O) groups is 1. The molecule has 1 rings (SSSR count). The Hall–Kier alpha value is -0.790. The van der Waals surface area contributed by atoms with Gasteiger partial charge in [-0.15, -0.1) is 0 Å². The fourth-order valence-corrected chi connectivity index (χ4v) is 3.26.